The highest BCUT2D eigenvalue weighted by atomic mass is 127. The molecule has 1 aliphatic carbocycles. The Labute approximate surface area is 565 Å². The van der Waals surface area contributed by atoms with Crippen LogP contribution in [0.4, 0.5) is 4.79 Å². The minimum atomic E-state index is -1.56. The van der Waals surface area contributed by atoms with Gasteiger partial charge in [0.15, 0.2) is 0 Å². The first-order chi connectivity index (χ1) is 45.4. The van der Waals surface area contributed by atoms with Crippen LogP contribution in [0.2, 0.25) is 0 Å². The number of carboxylic acid groups (broad SMARTS) is 6. The first-order valence-corrected chi connectivity index (χ1v) is 33.4. The Morgan fingerprint density at radius 1 is 0.453 bits per heavy atom. The molecule has 522 valence electrons. The van der Waals surface area contributed by atoms with Gasteiger partial charge in [0.05, 0.1) is 26.2 Å². The Hall–Kier alpha value is -8.07. The number of nitrogens with one attached hydrogen (secondary N) is 7. The topological polar surface area (TPSA) is 423 Å². The molecule has 0 aromatic heterocycles. The first-order valence-electron chi connectivity index (χ1n) is 32.3. The summed E-state index contributed by atoms with van der Waals surface area (Å²) in [5.74, 6) is -9.54. The van der Waals surface area contributed by atoms with E-state index < -0.39 is 90.7 Å². The number of amides is 7. The lowest BCUT2D eigenvalue weighted by Gasteiger charge is -2.32. The Balaban J connectivity index is 1.14. The molecule has 95 heavy (non-hydrogen) atoms. The second-order valence-electron chi connectivity index (χ2n) is 24.3. The third-order valence-corrected chi connectivity index (χ3v) is 17.5. The fraction of sp³-hybridized carbons (Fsp3) is 0.569. The van der Waals surface area contributed by atoms with Gasteiger partial charge in [-0.2, -0.15) is 0 Å². The van der Waals surface area contributed by atoms with E-state index in [9.17, 15) is 83.1 Å². The molecule has 3 aromatic carbocycles. The van der Waals surface area contributed by atoms with Crippen LogP contribution in [0.5, 0.6) is 0 Å². The van der Waals surface area contributed by atoms with Gasteiger partial charge in [-0.1, -0.05) is 54.6 Å². The molecule has 13 N–H and O–H groups in total. The molecule has 2 aliphatic rings. The van der Waals surface area contributed by atoms with Crippen molar-refractivity contribution in [2.45, 2.75) is 127 Å². The molecule has 3 aromatic rings. The molecule has 1 heterocycles. The fourth-order valence-electron chi connectivity index (χ4n) is 11.4. The number of unbranched alkanes of at least 4 members (excludes halogenated alkanes) is 2. The van der Waals surface area contributed by atoms with Gasteiger partial charge in [0, 0.05) is 101 Å². The van der Waals surface area contributed by atoms with E-state index in [2.05, 4.69) is 59.8 Å². The highest BCUT2D eigenvalue weighted by Crippen LogP contribution is 2.29. The number of halogens is 1. The monoisotopic (exact) mass is 1440 g/mol. The van der Waals surface area contributed by atoms with Crippen LogP contribution in [-0.2, 0) is 65.6 Å². The minimum absolute atomic E-state index is 0.00184. The summed E-state index contributed by atoms with van der Waals surface area (Å²) in [4.78, 5) is 158. The van der Waals surface area contributed by atoms with Gasteiger partial charge in [-0.05, 0) is 146 Å². The highest BCUT2D eigenvalue weighted by molar-refractivity contribution is 14.1. The van der Waals surface area contributed by atoms with Crippen molar-refractivity contribution in [2.75, 3.05) is 98.2 Å². The highest BCUT2D eigenvalue weighted by Gasteiger charge is 2.32. The van der Waals surface area contributed by atoms with Gasteiger partial charge >= 0.3 is 41.8 Å². The van der Waals surface area contributed by atoms with Crippen LogP contribution < -0.4 is 37.2 Å². The van der Waals surface area contributed by atoms with Gasteiger partial charge in [0.25, 0.3) is 0 Å². The Morgan fingerprint density at radius 2 is 0.947 bits per heavy atom. The summed E-state index contributed by atoms with van der Waals surface area (Å²) in [6.07, 6.45) is 4.28. The van der Waals surface area contributed by atoms with E-state index in [-0.39, 0.29) is 166 Å². The SMILES string of the molecule is O=C(O)CC[C@H](NC(=O)N[C@@H](CCCCNC(=O)[C@H](Cc1ccc2ccccc2c1)NC(=O)[C@H]1CC[C@H](CNC(=O)[C@@H](CCCCNC(=O)CN2CCN(CC(=O)O)CCN(CC(=O)O)CCN(CC(=O)O)CC2)NC(=O)CCCc2ccc(I)cc2)CC1)C(=O)O)C(=O)O. The lowest BCUT2D eigenvalue weighted by atomic mass is 9.81. The Bertz CT molecular complexity index is 3030. The molecule has 0 bridgehead atoms. The van der Waals surface area contributed by atoms with Crippen molar-refractivity contribution in [2.24, 2.45) is 11.8 Å². The van der Waals surface area contributed by atoms with Gasteiger partial charge in [-0.15, -0.1) is 0 Å². The van der Waals surface area contributed by atoms with Crippen molar-refractivity contribution in [1.29, 1.82) is 0 Å². The average Bonchev–Trinajstić information content (AvgIpc) is 0.857. The number of urea groups is 1. The fourth-order valence-corrected chi connectivity index (χ4v) is 11.8. The number of nitrogens with zero attached hydrogens (tertiary/aromatic N) is 4. The standard InChI is InChI=1S/C65H92IN11O18/c66-49-22-17-43(18-23-49)8-7-13-54(78)70-50(11-3-5-26-67-55(79)39-74-28-30-75(40-57(82)83)32-34-77(42-59(86)87)35-33-76(31-29-74)41-58(84)85)61(89)69-38-44-14-20-47(21-15-44)60(88)71-53(37-45-16-19-46-9-1-2-10-48(46)36-45)62(90)68-27-6-4-12-51(63(91)92)72-65(95)73-52(64(93)94)24-25-56(80)81/h1-2,9-10,16-19,22-23,36,44,47,50-53H,3-8,11-15,20-21,24-35,37-42H2,(H,67,79)(H,68,90)(H,69,89)(H,70,78)(H,71,88)(H,80,81)(H,82,83)(H,84,85)(H,86,87)(H,91,92)(H,93,94)(H2,72,73,95)/t44-,47-,50-,51+,52+,53+/m1/s1. The number of carbonyl (C=O) groups is 12. The molecule has 1 saturated heterocycles. The third kappa shape index (κ3) is 30.9. The number of rotatable bonds is 38. The normalized spacial score (nSPS) is 17.4. The van der Waals surface area contributed by atoms with Crippen molar-refractivity contribution < 1.29 is 88.2 Å². The van der Waals surface area contributed by atoms with Crippen LogP contribution >= 0.6 is 22.6 Å². The summed E-state index contributed by atoms with van der Waals surface area (Å²) in [6.45, 7) is 1.66. The molecule has 29 nitrogen and oxygen atoms in total. The number of hydrogen-bond acceptors (Lipinski definition) is 16. The van der Waals surface area contributed by atoms with Crippen molar-refractivity contribution in [3.8, 4) is 0 Å². The van der Waals surface area contributed by atoms with Gasteiger partial charge in [0.2, 0.25) is 29.5 Å². The number of hydrogen-bond donors (Lipinski definition) is 13. The van der Waals surface area contributed by atoms with E-state index in [0.29, 0.717) is 51.4 Å². The summed E-state index contributed by atoms with van der Waals surface area (Å²) in [6, 6.07) is 15.5. The molecule has 4 atom stereocenters. The van der Waals surface area contributed by atoms with Gasteiger partial charge in [-0.3, -0.25) is 62.8 Å². The zero-order chi connectivity index (χ0) is 69.2. The van der Waals surface area contributed by atoms with Crippen LogP contribution in [-0.4, -0.2) is 244 Å². The van der Waals surface area contributed by atoms with Crippen molar-refractivity contribution in [3.05, 3.63) is 81.4 Å². The molecule has 5 rings (SSSR count). The molecule has 1 aliphatic heterocycles. The molecule has 1 saturated carbocycles. The predicted octanol–water partition coefficient (Wildman–Crippen LogP) is 2.02. The van der Waals surface area contributed by atoms with Gasteiger partial charge < -0.3 is 67.9 Å². The van der Waals surface area contributed by atoms with Gasteiger partial charge in [0.1, 0.15) is 24.2 Å². The lowest BCUT2D eigenvalue weighted by molar-refractivity contribution is -0.141. The Morgan fingerprint density at radius 3 is 1.48 bits per heavy atom. The second-order valence-corrected chi connectivity index (χ2v) is 25.5. The van der Waals surface area contributed by atoms with E-state index in [1.807, 2.05) is 71.6 Å². The van der Waals surface area contributed by atoms with Crippen LogP contribution in [0.1, 0.15) is 101 Å². The predicted molar refractivity (Wildman–Crippen MR) is 356 cm³/mol. The largest absolute Gasteiger partial charge is 0.481 e. The Kier molecular flexibility index (Phi) is 34.1. The molecular formula is C65H92IN11O18. The third-order valence-electron chi connectivity index (χ3n) is 16.8. The summed E-state index contributed by atoms with van der Waals surface area (Å²) in [5, 5.41) is 77.7. The minimum Gasteiger partial charge on any atom is -0.481 e. The summed E-state index contributed by atoms with van der Waals surface area (Å²) in [5.41, 5.74) is 1.87. The lowest BCUT2D eigenvalue weighted by Crippen LogP contribution is -2.51. The molecule has 0 radical (unpaired) electrons. The number of aliphatic carboxylic acids is 6. The molecule has 0 unspecified atom stereocenters. The van der Waals surface area contributed by atoms with Crippen molar-refractivity contribution in [3.63, 3.8) is 0 Å². The number of carbonyl (C=O) groups excluding carboxylic acids is 6. The summed E-state index contributed by atoms with van der Waals surface area (Å²) < 4.78 is 1.09. The zero-order valence-electron chi connectivity index (χ0n) is 53.5. The number of aryl methyl sites for hydroxylation is 1. The van der Waals surface area contributed by atoms with Crippen molar-refractivity contribution >= 4 is 105 Å². The first kappa shape index (κ1) is 77.6. The number of fused-ring (bicyclic) bond motifs is 1. The molecular weight excluding hydrogens is 1350 g/mol. The maximum atomic E-state index is 14.0. The van der Waals surface area contributed by atoms with Crippen molar-refractivity contribution in [1.82, 2.24) is 56.8 Å². The van der Waals surface area contributed by atoms with Crippen LogP contribution in [0.15, 0.2) is 66.7 Å². The van der Waals surface area contributed by atoms with E-state index in [4.69, 9.17) is 5.11 Å². The van der Waals surface area contributed by atoms with Crippen LogP contribution in [0.3, 0.4) is 0 Å². The smallest absolute Gasteiger partial charge is 0.326 e. The quantitative estimate of drug-likeness (QED) is 0.0288. The summed E-state index contributed by atoms with van der Waals surface area (Å²) in [7, 11) is 0. The molecule has 7 amide bonds. The molecule has 2 fully saturated rings. The molecule has 0 spiro atoms. The molecule has 30 heteroatoms. The van der Waals surface area contributed by atoms with E-state index in [1.54, 1.807) is 14.7 Å². The second kappa shape index (κ2) is 41.7. The van der Waals surface area contributed by atoms with Crippen LogP contribution in [0.25, 0.3) is 10.8 Å². The summed E-state index contributed by atoms with van der Waals surface area (Å²) >= 11 is 2.23. The number of benzene rings is 3. The average molecular weight is 1440 g/mol. The van der Waals surface area contributed by atoms with Crippen LogP contribution in [0, 0.1) is 15.4 Å². The maximum absolute atomic E-state index is 14.0. The maximum Gasteiger partial charge on any atom is 0.326 e. The van der Waals surface area contributed by atoms with Gasteiger partial charge in [-0.25, -0.2) is 14.4 Å². The van der Waals surface area contributed by atoms with E-state index >= 15 is 0 Å². The van der Waals surface area contributed by atoms with E-state index in [0.717, 1.165) is 25.5 Å². The van der Waals surface area contributed by atoms with E-state index in [1.165, 1.54) is 0 Å². The zero-order valence-corrected chi connectivity index (χ0v) is 55.6. The number of carboxylic acids is 6.